The third kappa shape index (κ3) is 5.01. The summed E-state index contributed by atoms with van der Waals surface area (Å²) in [5, 5.41) is 4.00. The molecule has 1 atom stereocenters. The molecule has 1 aromatic heterocycles. The third-order valence-corrected chi connectivity index (χ3v) is 5.88. The summed E-state index contributed by atoms with van der Waals surface area (Å²) in [5.74, 6) is -0.551. The molecule has 2 N–H and O–H groups in total. The molecule has 2 amide bonds. The maximum atomic E-state index is 14.0. The number of anilines is 1. The molecule has 4 aromatic rings. The van der Waals surface area contributed by atoms with Gasteiger partial charge in [-0.05, 0) is 66.5 Å². The van der Waals surface area contributed by atoms with Crippen LogP contribution in [0.2, 0.25) is 0 Å². The minimum atomic E-state index is -0.872. The average Bonchev–Trinajstić information content (AvgIpc) is 3.21. The van der Waals surface area contributed by atoms with Gasteiger partial charge in [-0.1, -0.05) is 60.7 Å². The molecule has 4 rings (SSSR count). The fourth-order valence-corrected chi connectivity index (χ4v) is 4.30. The van der Waals surface area contributed by atoms with E-state index in [0.29, 0.717) is 11.4 Å². The highest BCUT2D eigenvalue weighted by atomic mass is 79.9. The Kier molecular flexibility index (Phi) is 6.38. The summed E-state index contributed by atoms with van der Waals surface area (Å²) >= 11 is 3.59. The Bertz CT molecular complexity index is 1260. The zero-order valence-electron chi connectivity index (χ0n) is 18.8. The molecule has 33 heavy (non-hydrogen) atoms. The van der Waals surface area contributed by atoms with Crippen LogP contribution >= 0.6 is 15.9 Å². The monoisotopic (exact) mass is 503 g/mol. The van der Waals surface area contributed by atoms with Crippen LogP contribution < -0.4 is 10.2 Å². The van der Waals surface area contributed by atoms with E-state index in [4.69, 9.17) is 0 Å². The topological polar surface area (TPSA) is 65.2 Å². The second-order valence-electron chi connectivity index (χ2n) is 8.95. The van der Waals surface area contributed by atoms with Crippen LogP contribution in [0.4, 0.5) is 5.69 Å². The Balaban J connectivity index is 1.90. The Morgan fingerprint density at radius 1 is 0.909 bits per heavy atom. The van der Waals surface area contributed by atoms with Gasteiger partial charge in [-0.2, -0.15) is 0 Å². The van der Waals surface area contributed by atoms with Gasteiger partial charge in [0, 0.05) is 20.9 Å². The number of nitrogens with one attached hydrogen (secondary N) is 2. The summed E-state index contributed by atoms with van der Waals surface area (Å²) < 4.78 is 0.721. The van der Waals surface area contributed by atoms with Crippen molar-refractivity contribution < 1.29 is 9.59 Å². The molecule has 0 spiro atoms. The number of fused-ring (bicyclic) bond motifs is 1. The van der Waals surface area contributed by atoms with Crippen LogP contribution in [0.3, 0.4) is 0 Å². The number of aromatic amines is 1. The molecule has 5 nitrogen and oxygen atoms in total. The summed E-state index contributed by atoms with van der Waals surface area (Å²) in [7, 11) is 0. The van der Waals surface area contributed by atoms with Crippen LogP contribution in [-0.4, -0.2) is 22.3 Å². The number of benzene rings is 3. The number of hydrogen-bond donors (Lipinski definition) is 2. The number of carbonyl (C=O) groups excluding carboxylic acids is 2. The molecule has 6 heteroatoms. The largest absolute Gasteiger partial charge is 0.351 e. The molecule has 0 fully saturated rings. The first kappa shape index (κ1) is 22.8. The number of H-pyrrole nitrogens is 1. The highest BCUT2D eigenvalue weighted by molar-refractivity contribution is 9.10. The van der Waals surface area contributed by atoms with Crippen LogP contribution in [0, 0.1) is 0 Å². The molecular weight excluding hydrogens is 478 g/mol. The highest BCUT2D eigenvalue weighted by Crippen LogP contribution is 2.35. The van der Waals surface area contributed by atoms with Gasteiger partial charge in [-0.15, -0.1) is 0 Å². The molecule has 0 saturated carbocycles. The lowest BCUT2D eigenvalue weighted by molar-refractivity contribution is -0.123. The molecule has 0 radical (unpaired) electrons. The van der Waals surface area contributed by atoms with E-state index in [1.807, 2.05) is 106 Å². The first-order valence-corrected chi connectivity index (χ1v) is 11.6. The van der Waals surface area contributed by atoms with Crippen LogP contribution in [0.25, 0.3) is 10.9 Å². The van der Waals surface area contributed by atoms with E-state index in [0.717, 1.165) is 20.9 Å². The molecule has 0 aliphatic rings. The van der Waals surface area contributed by atoms with Crippen molar-refractivity contribution in [2.75, 3.05) is 4.90 Å². The van der Waals surface area contributed by atoms with Crippen molar-refractivity contribution in [1.29, 1.82) is 0 Å². The first-order valence-electron chi connectivity index (χ1n) is 10.8. The lowest BCUT2D eigenvalue weighted by Gasteiger charge is -2.34. The van der Waals surface area contributed by atoms with Gasteiger partial charge in [0.25, 0.3) is 5.91 Å². The van der Waals surface area contributed by atoms with Crippen LogP contribution in [0.1, 0.15) is 42.9 Å². The van der Waals surface area contributed by atoms with Gasteiger partial charge in [-0.25, -0.2) is 0 Å². The zero-order valence-corrected chi connectivity index (χ0v) is 20.4. The molecular formula is C27H26BrN3O2. The van der Waals surface area contributed by atoms with Gasteiger partial charge >= 0.3 is 0 Å². The number of nitrogens with zero attached hydrogens (tertiary/aromatic N) is 1. The Morgan fingerprint density at radius 3 is 2.21 bits per heavy atom. The summed E-state index contributed by atoms with van der Waals surface area (Å²) in [6.45, 7) is 5.78. The van der Waals surface area contributed by atoms with Crippen molar-refractivity contribution in [3.05, 3.63) is 101 Å². The van der Waals surface area contributed by atoms with Crippen molar-refractivity contribution >= 4 is 44.3 Å². The maximum absolute atomic E-state index is 14.0. The average molecular weight is 504 g/mol. The van der Waals surface area contributed by atoms with E-state index < -0.39 is 11.6 Å². The van der Waals surface area contributed by atoms with Crippen molar-refractivity contribution in [1.82, 2.24) is 10.3 Å². The van der Waals surface area contributed by atoms with Crippen molar-refractivity contribution in [2.45, 2.75) is 32.4 Å². The normalized spacial score (nSPS) is 12.4. The van der Waals surface area contributed by atoms with Gasteiger partial charge < -0.3 is 10.3 Å². The van der Waals surface area contributed by atoms with Crippen molar-refractivity contribution in [3.63, 3.8) is 0 Å². The second kappa shape index (κ2) is 9.24. The molecule has 168 valence electrons. The number of carbonyl (C=O) groups is 2. The van der Waals surface area contributed by atoms with E-state index in [-0.39, 0.29) is 11.8 Å². The van der Waals surface area contributed by atoms with Gasteiger partial charge in [0.15, 0.2) is 0 Å². The Morgan fingerprint density at radius 2 is 1.55 bits per heavy atom. The highest BCUT2D eigenvalue weighted by Gasteiger charge is 2.36. The minimum absolute atomic E-state index is 0.256. The lowest BCUT2D eigenvalue weighted by atomic mass is 10.0. The van der Waals surface area contributed by atoms with E-state index in [1.165, 1.54) is 0 Å². The molecule has 1 unspecified atom stereocenters. The van der Waals surface area contributed by atoms with Crippen LogP contribution in [0.5, 0.6) is 0 Å². The number of halogens is 1. The summed E-state index contributed by atoms with van der Waals surface area (Å²) in [5.41, 5.74) is 2.15. The number of rotatable bonds is 5. The van der Waals surface area contributed by atoms with Gasteiger partial charge in [0.1, 0.15) is 11.7 Å². The van der Waals surface area contributed by atoms with Crippen LogP contribution in [0.15, 0.2) is 89.4 Å². The molecule has 0 saturated heterocycles. The molecule has 3 aromatic carbocycles. The summed E-state index contributed by atoms with van der Waals surface area (Å²) in [4.78, 5) is 32.5. The quantitative estimate of drug-likeness (QED) is 0.338. The SMILES string of the molecule is CC(C)(C)NC(=O)C(c1ccccc1)N(C(=O)c1cc2ccccc2[nH]1)c1ccccc1Br. The predicted molar refractivity (Wildman–Crippen MR) is 136 cm³/mol. The molecule has 0 bridgehead atoms. The summed E-state index contributed by atoms with van der Waals surface area (Å²) in [6.07, 6.45) is 0. The number of hydrogen-bond acceptors (Lipinski definition) is 2. The molecule has 0 aliphatic carbocycles. The Hall–Kier alpha value is -3.38. The predicted octanol–water partition coefficient (Wildman–Crippen LogP) is 6.23. The van der Waals surface area contributed by atoms with Gasteiger partial charge in [-0.3, -0.25) is 14.5 Å². The molecule has 1 heterocycles. The van der Waals surface area contributed by atoms with Crippen molar-refractivity contribution in [2.24, 2.45) is 0 Å². The van der Waals surface area contributed by atoms with E-state index >= 15 is 0 Å². The second-order valence-corrected chi connectivity index (χ2v) is 9.80. The Labute approximate surface area is 201 Å². The standard InChI is InChI=1S/C27H26BrN3O2/c1-27(2,3)30-25(32)24(18-11-5-4-6-12-18)31(23-16-10-8-14-20(23)28)26(33)22-17-19-13-7-9-15-21(19)29-22/h4-17,24,29H,1-3H3,(H,30,32). The third-order valence-electron chi connectivity index (χ3n) is 5.21. The van der Waals surface area contributed by atoms with E-state index in [1.54, 1.807) is 4.90 Å². The van der Waals surface area contributed by atoms with Gasteiger partial charge in [0.2, 0.25) is 5.91 Å². The number of para-hydroxylation sites is 2. The maximum Gasteiger partial charge on any atom is 0.275 e. The number of amides is 2. The lowest BCUT2D eigenvalue weighted by Crippen LogP contribution is -2.49. The van der Waals surface area contributed by atoms with Crippen LogP contribution in [-0.2, 0) is 4.79 Å². The summed E-state index contributed by atoms with van der Waals surface area (Å²) in [6, 6.07) is 25.5. The van der Waals surface area contributed by atoms with Gasteiger partial charge in [0.05, 0.1) is 5.69 Å². The fourth-order valence-electron chi connectivity index (χ4n) is 3.82. The first-order chi connectivity index (χ1) is 15.7. The van der Waals surface area contributed by atoms with Crippen molar-refractivity contribution in [3.8, 4) is 0 Å². The van der Waals surface area contributed by atoms with E-state index in [9.17, 15) is 9.59 Å². The smallest absolute Gasteiger partial charge is 0.275 e. The fraction of sp³-hybridized carbons (Fsp3) is 0.185. The molecule has 0 aliphatic heterocycles. The zero-order chi connectivity index (χ0) is 23.6. The van der Waals surface area contributed by atoms with E-state index in [2.05, 4.69) is 26.2 Å². The minimum Gasteiger partial charge on any atom is -0.351 e. The number of aromatic nitrogens is 1.